The van der Waals surface area contributed by atoms with Gasteiger partial charge in [0.2, 0.25) is 29.5 Å². The van der Waals surface area contributed by atoms with Crippen LogP contribution < -0.4 is 31.3 Å². The number of aliphatic hydroxyl groups is 8. The summed E-state index contributed by atoms with van der Waals surface area (Å²) in [4.78, 5) is 101. The quantitative estimate of drug-likeness (QED) is 0.0788. The van der Waals surface area contributed by atoms with E-state index in [4.69, 9.17) is 4.74 Å². The number of rotatable bonds is 15. The Balaban J connectivity index is 1.50. The number of hydrogen-bond donors (Lipinski definition) is 14. The number of fused-ring (bicyclic) bond motifs is 2. The van der Waals surface area contributed by atoms with Gasteiger partial charge in [0.25, 0.3) is 5.91 Å². The van der Waals surface area contributed by atoms with Crippen molar-refractivity contribution in [3.05, 3.63) is 59.7 Å². The third kappa shape index (κ3) is 15.2. The second-order valence-corrected chi connectivity index (χ2v) is 19.5. The molecule has 14 N–H and O–H groups in total. The molecule has 3 heterocycles. The monoisotopic (exact) mass is 1040 g/mol. The molecule has 2 aromatic carbocycles. The van der Waals surface area contributed by atoms with Crippen molar-refractivity contribution < 1.29 is 84.3 Å². The minimum Gasteiger partial charge on any atom is -0.508 e. The van der Waals surface area contributed by atoms with Crippen molar-refractivity contribution in [3.63, 3.8) is 0 Å². The number of aliphatic hydroxyl groups excluding tert-OH is 8. The van der Waals surface area contributed by atoms with Crippen LogP contribution in [0, 0.1) is 5.92 Å². The Hall–Kier alpha value is -5.83. The van der Waals surface area contributed by atoms with Gasteiger partial charge in [-0.2, -0.15) is 0 Å². The van der Waals surface area contributed by atoms with E-state index in [2.05, 4.69) is 33.5 Å². The van der Waals surface area contributed by atoms with Crippen molar-refractivity contribution in [2.75, 3.05) is 26.2 Å². The number of phenolic OH excluding ortho intramolecular Hbond substituents is 1. The number of nitrogens with zero attached hydrogens (tertiary/aromatic N) is 2. The van der Waals surface area contributed by atoms with Crippen LogP contribution in [0.15, 0.2) is 48.5 Å². The maximum absolute atomic E-state index is 14.4. The van der Waals surface area contributed by atoms with Crippen LogP contribution in [0.3, 0.4) is 0 Å². The molecule has 3 aliphatic rings. The number of Topliss-reactive ketones (excluding diaryl/α,β-unsaturated/α-hetero) is 1. The molecule has 24 heteroatoms. The number of phenols is 1. The van der Waals surface area contributed by atoms with Crippen LogP contribution in [-0.4, -0.2) is 202 Å². The summed E-state index contributed by atoms with van der Waals surface area (Å²) in [6, 6.07) is -0.332. The number of amides is 6. The zero-order valence-electron chi connectivity index (χ0n) is 41.9. The summed E-state index contributed by atoms with van der Waals surface area (Å²) in [5, 5.41) is 111. The standard InChI is InChI=1S/C50H73N7O17/c1-5-6-7-8-9-10-19-74-32-17-13-29(14-18-32)44(67)52-33-21-35(62)47(70)55-48(71)40-41(64)25(2)23-57(40)49(72)37(26(3)58)51-22-36(63)39(43(66)42(65)28-11-15-30(60)16-12-28)54-46(69)34-20-31(61)24-56(34)50(73)38(27(4)59)53-45(33)68/h11-18,25-27,31,33-35,37-43,47,51,58-62,64-66,70H,5-10,19-24H2,1-4H3,(H,52,67)(H,53,68)(H,54,69)(H,55,71)/t25-,26?,27?,31+,33-,34-,35-,37-,38-,39+,40-,41-,42?,43?,47+/m0/s1. The number of ether oxygens (including phenoxy) is 1. The summed E-state index contributed by atoms with van der Waals surface area (Å²) < 4.78 is 5.81. The molecule has 5 rings (SSSR count). The molecule has 410 valence electrons. The maximum Gasteiger partial charge on any atom is 0.251 e. The van der Waals surface area contributed by atoms with E-state index in [1.54, 1.807) is 0 Å². The predicted molar refractivity (Wildman–Crippen MR) is 261 cm³/mol. The molecule has 3 aliphatic heterocycles. The highest BCUT2D eigenvalue weighted by atomic mass is 16.5. The number of carbonyl (C=O) groups excluding carboxylic acids is 7. The van der Waals surface area contributed by atoms with Crippen molar-refractivity contribution in [2.24, 2.45) is 5.92 Å². The van der Waals surface area contributed by atoms with E-state index < -0.39 is 158 Å². The van der Waals surface area contributed by atoms with Crippen molar-refractivity contribution in [1.82, 2.24) is 36.4 Å². The smallest absolute Gasteiger partial charge is 0.251 e. The third-order valence-electron chi connectivity index (χ3n) is 13.6. The Bertz CT molecular complexity index is 2240. The van der Waals surface area contributed by atoms with Gasteiger partial charge in [0, 0.05) is 37.4 Å². The van der Waals surface area contributed by atoms with E-state index in [1.165, 1.54) is 62.4 Å². The van der Waals surface area contributed by atoms with Gasteiger partial charge in [-0.3, -0.25) is 38.9 Å². The first-order valence-corrected chi connectivity index (χ1v) is 25.1. The fourth-order valence-electron chi connectivity index (χ4n) is 9.24. The van der Waals surface area contributed by atoms with Crippen LogP contribution in [0.4, 0.5) is 0 Å². The van der Waals surface area contributed by atoms with Crippen LogP contribution >= 0.6 is 0 Å². The summed E-state index contributed by atoms with van der Waals surface area (Å²) in [5.41, 5.74) is -0.0188. The lowest BCUT2D eigenvalue weighted by atomic mass is 9.95. The van der Waals surface area contributed by atoms with Gasteiger partial charge in [-0.25, -0.2) is 0 Å². The normalized spacial score (nSPS) is 29.6. The van der Waals surface area contributed by atoms with Gasteiger partial charge in [0.1, 0.15) is 66.1 Å². The summed E-state index contributed by atoms with van der Waals surface area (Å²) in [6.45, 7) is 4.58. The number of aromatic hydroxyl groups is 1. The largest absolute Gasteiger partial charge is 0.508 e. The summed E-state index contributed by atoms with van der Waals surface area (Å²) in [7, 11) is 0. The van der Waals surface area contributed by atoms with E-state index in [1.807, 2.05) is 0 Å². The average Bonchev–Trinajstić information content (AvgIpc) is 3.91. The molecule has 0 radical (unpaired) electrons. The molecule has 0 aliphatic carbocycles. The minimum absolute atomic E-state index is 0.00542. The Kier molecular flexibility index (Phi) is 21.6. The molecule has 3 fully saturated rings. The second kappa shape index (κ2) is 27.1. The first-order chi connectivity index (χ1) is 35.0. The van der Waals surface area contributed by atoms with Gasteiger partial charge in [-0.1, -0.05) is 58.1 Å². The van der Waals surface area contributed by atoms with Gasteiger partial charge in [-0.15, -0.1) is 0 Å². The van der Waals surface area contributed by atoms with E-state index in [-0.39, 0.29) is 23.4 Å². The van der Waals surface area contributed by atoms with Gasteiger partial charge in [0.15, 0.2) is 12.0 Å². The number of carbonyl (C=O) groups is 7. The zero-order valence-corrected chi connectivity index (χ0v) is 41.9. The van der Waals surface area contributed by atoms with Gasteiger partial charge in [0.05, 0.1) is 37.6 Å². The number of ketones is 1. The highest BCUT2D eigenvalue weighted by Crippen LogP contribution is 2.27. The second-order valence-electron chi connectivity index (χ2n) is 19.5. The van der Waals surface area contributed by atoms with E-state index in [9.17, 15) is 79.5 Å². The molecule has 15 atom stereocenters. The molecular weight excluding hydrogens is 971 g/mol. The Labute approximate surface area is 428 Å². The summed E-state index contributed by atoms with van der Waals surface area (Å²) in [5.74, 6) is -8.30. The third-order valence-corrected chi connectivity index (χ3v) is 13.6. The predicted octanol–water partition coefficient (Wildman–Crippen LogP) is -3.05. The number of hydrogen-bond acceptors (Lipinski definition) is 18. The molecule has 0 aromatic heterocycles. The maximum atomic E-state index is 14.4. The molecule has 0 bridgehead atoms. The highest BCUT2D eigenvalue weighted by Gasteiger charge is 2.49. The van der Waals surface area contributed by atoms with Crippen LogP contribution in [0.25, 0.3) is 0 Å². The van der Waals surface area contributed by atoms with Crippen molar-refractivity contribution in [2.45, 2.75) is 164 Å². The van der Waals surface area contributed by atoms with E-state index in [0.717, 1.165) is 55.2 Å². The zero-order chi connectivity index (χ0) is 54.6. The molecule has 4 unspecified atom stereocenters. The number of nitrogens with one attached hydrogen (secondary N) is 5. The van der Waals surface area contributed by atoms with Gasteiger partial charge in [-0.05, 0) is 62.2 Å². The molecule has 6 amide bonds. The SMILES string of the molecule is CCCCCCCCOc1ccc(C(=O)N[C@H]2C[C@H](O)[C@@H](O)NC(=O)[C@@H]3[C@@H](O)[C@@H](C)CN3C(=O)[C@H](C(C)O)NCC(=O)[C@H](C(O)C(O)c3ccc(O)cc3)NC(=O)[C@@H]3C[C@@H](O)CN3C(=O)[C@H](C(C)O)NC2=O)cc1. The molecular formula is C50H73N7O17. The van der Waals surface area contributed by atoms with Crippen LogP contribution in [0.5, 0.6) is 11.5 Å². The van der Waals surface area contributed by atoms with Crippen molar-refractivity contribution in [1.29, 1.82) is 0 Å². The first kappa shape index (κ1) is 59.1. The molecule has 74 heavy (non-hydrogen) atoms. The van der Waals surface area contributed by atoms with Gasteiger partial charge < -0.3 is 81.8 Å². The topological polar surface area (TPSA) is 377 Å². The summed E-state index contributed by atoms with van der Waals surface area (Å²) >= 11 is 0. The lowest BCUT2D eigenvalue weighted by molar-refractivity contribution is -0.147. The molecule has 0 spiro atoms. The number of benzene rings is 2. The van der Waals surface area contributed by atoms with E-state index in [0.29, 0.717) is 12.4 Å². The highest BCUT2D eigenvalue weighted by molar-refractivity contribution is 6.00. The molecule has 0 saturated carbocycles. The Morgan fingerprint density at radius 2 is 1.34 bits per heavy atom. The Morgan fingerprint density at radius 3 is 1.97 bits per heavy atom. The van der Waals surface area contributed by atoms with Crippen LogP contribution in [0.2, 0.25) is 0 Å². The molecule has 3 saturated heterocycles. The first-order valence-electron chi connectivity index (χ1n) is 25.1. The fraction of sp³-hybridized carbons (Fsp3) is 0.620. The van der Waals surface area contributed by atoms with Crippen molar-refractivity contribution >= 4 is 41.2 Å². The van der Waals surface area contributed by atoms with Crippen LogP contribution in [0.1, 0.15) is 101 Å². The Morgan fingerprint density at radius 1 is 0.730 bits per heavy atom. The lowest BCUT2D eigenvalue weighted by Gasteiger charge is -2.34. The average molecular weight is 1040 g/mol. The molecule has 24 nitrogen and oxygen atoms in total. The summed E-state index contributed by atoms with van der Waals surface area (Å²) in [6.07, 6.45) is -9.86. The number of unbranched alkanes of at least 4 members (excludes halogenated alkanes) is 5. The van der Waals surface area contributed by atoms with Gasteiger partial charge >= 0.3 is 0 Å². The van der Waals surface area contributed by atoms with Crippen LogP contribution in [-0.2, 0) is 28.8 Å². The minimum atomic E-state index is -2.25. The van der Waals surface area contributed by atoms with E-state index >= 15 is 0 Å². The fourth-order valence-corrected chi connectivity index (χ4v) is 9.24. The molecule has 2 aromatic rings. The van der Waals surface area contributed by atoms with Crippen molar-refractivity contribution in [3.8, 4) is 11.5 Å². The lowest BCUT2D eigenvalue weighted by Crippen LogP contribution is -2.63.